The lowest BCUT2D eigenvalue weighted by molar-refractivity contribution is -0.143. The summed E-state index contributed by atoms with van der Waals surface area (Å²) in [6.07, 6.45) is 2.21. The Morgan fingerprint density at radius 1 is 0.972 bits per heavy atom. The van der Waals surface area contributed by atoms with E-state index in [-0.39, 0.29) is 34.7 Å². The molecule has 36 heavy (non-hydrogen) atoms. The van der Waals surface area contributed by atoms with Gasteiger partial charge in [-0.25, -0.2) is 8.42 Å². The smallest absolute Gasteiger partial charge is 0.305 e. The third kappa shape index (κ3) is 8.98. The molecule has 2 aromatic rings. The van der Waals surface area contributed by atoms with Crippen LogP contribution in [0.3, 0.4) is 0 Å². The van der Waals surface area contributed by atoms with Gasteiger partial charge >= 0.3 is 5.97 Å². The largest absolute Gasteiger partial charge is 0.466 e. The molecule has 0 unspecified atom stereocenters. The molecule has 11 heteroatoms. The predicted molar refractivity (Wildman–Crippen MR) is 140 cm³/mol. The molecule has 1 heterocycles. The van der Waals surface area contributed by atoms with Crippen molar-refractivity contribution in [3.8, 4) is 0 Å². The van der Waals surface area contributed by atoms with E-state index in [0.717, 1.165) is 12.8 Å². The van der Waals surface area contributed by atoms with Gasteiger partial charge in [-0.1, -0.05) is 30.3 Å². The van der Waals surface area contributed by atoms with Crippen LogP contribution >= 0.6 is 12.2 Å². The quantitative estimate of drug-likeness (QED) is 0.258. The van der Waals surface area contributed by atoms with Crippen LogP contribution in [0.4, 0.5) is 5.69 Å². The number of rotatable bonds is 11. The Morgan fingerprint density at radius 2 is 1.67 bits per heavy atom. The van der Waals surface area contributed by atoms with Gasteiger partial charge in [0.2, 0.25) is 15.9 Å². The third-order valence-corrected chi connectivity index (χ3v) is 7.59. The first kappa shape index (κ1) is 27.7. The number of sulfonamides is 1. The molecule has 0 atom stereocenters. The van der Waals surface area contributed by atoms with Crippen LogP contribution in [0.15, 0.2) is 59.5 Å². The van der Waals surface area contributed by atoms with E-state index in [1.54, 1.807) is 12.1 Å². The molecule has 9 nitrogen and oxygen atoms in total. The molecule has 0 aromatic heterocycles. The summed E-state index contributed by atoms with van der Waals surface area (Å²) >= 11 is 5.16. The number of nitrogens with zero attached hydrogens (tertiary/aromatic N) is 1. The lowest BCUT2D eigenvalue weighted by atomic mass is 10.1. The van der Waals surface area contributed by atoms with Gasteiger partial charge in [0.15, 0.2) is 5.11 Å². The minimum absolute atomic E-state index is 0.0901. The number of hydrogen-bond acceptors (Lipinski definition) is 7. The lowest BCUT2D eigenvalue weighted by Gasteiger charge is -2.26. The van der Waals surface area contributed by atoms with Crippen molar-refractivity contribution in [2.24, 2.45) is 0 Å². The van der Waals surface area contributed by atoms with Crippen LogP contribution in [-0.4, -0.2) is 62.6 Å². The van der Waals surface area contributed by atoms with Crippen LogP contribution in [0.5, 0.6) is 0 Å². The Hall–Kier alpha value is -2.86. The zero-order valence-electron chi connectivity index (χ0n) is 20.0. The maximum Gasteiger partial charge on any atom is 0.305 e. The lowest BCUT2D eigenvalue weighted by Crippen LogP contribution is -2.40. The van der Waals surface area contributed by atoms with E-state index in [1.807, 2.05) is 30.3 Å². The van der Waals surface area contributed by atoms with Crippen molar-refractivity contribution in [3.05, 3.63) is 60.2 Å². The summed E-state index contributed by atoms with van der Waals surface area (Å²) in [6, 6.07) is 16.1. The Bertz CT molecular complexity index is 1120. The summed E-state index contributed by atoms with van der Waals surface area (Å²) in [4.78, 5) is 24.1. The van der Waals surface area contributed by atoms with E-state index in [4.69, 9.17) is 21.7 Å². The van der Waals surface area contributed by atoms with Gasteiger partial charge in [0.05, 0.1) is 24.7 Å². The van der Waals surface area contributed by atoms with Crippen molar-refractivity contribution < 1.29 is 27.5 Å². The zero-order valence-corrected chi connectivity index (χ0v) is 21.6. The number of benzene rings is 2. The van der Waals surface area contributed by atoms with Crippen LogP contribution in [-0.2, 0) is 35.5 Å². The predicted octanol–water partition coefficient (Wildman–Crippen LogP) is 2.87. The summed E-state index contributed by atoms with van der Waals surface area (Å²) in [7, 11) is -3.58. The minimum Gasteiger partial charge on any atom is -0.466 e. The molecule has 2 N–H and O–H groups in total. The van der Waals surface area contributed by atoms with Gasteiger partial charge in [0.1, 0.15) is 0 Å². The summed E-state index contributed by atoms with van der Waals surface area (Å²) in [5.41, 5.74) is 1.74. The van der Waals surface area contributed by atoms with Crippen molar-refractivity contribution in [3.63, 3.8) is 0 Å². The Kier molecular flexibility index (Phi) is 10.8. The number of carbonyl (C=O) groups excluding carboxylic acids is 2. The molecule has 0 bridgehead atoms. The monoisotopic (exact) mass is 533 g/mol. The van der Waals surface area contributed by atoms with E-state index >= 15 is 0 Å². The maximum absolute atomic E-state index is 12.7. The Labute approximate surface area is 217 Å². The molecule has 0 spiro atoms. The number of nitrogens with one attached hydrogen (secondary N) is 2. The molecule has 0 radical (unpaired) electrons. The molecule has 1 aliphatic heterocycles. The highest BCUT2D eigenvalue weighted by Crippen LogP contribution is 2.19. The van der Waals surface area contributed by atoms with Gasteiger partial charge in [-0.3, -0.25) is 9.59 Å². The van der Waals surface area contributed by atoms with E-state index in [1.165, 1.54) is 22.0 Å². The van der Waals surface area contributed by atoms with Gasteiger partial charge < -0.3 is 20.1 Å². The number of ether oxygens (including phenoxy) is 2. The second-order valence-electron chi connectivity index (χ2n) is 8.21. The maximum atomic E-state index is 12.7. The first-order valence-electron chi connectivity index (χ1n) is 11.8. The van der Waals surface area contributed by atoms with Crippen LogP contribution in [0, 0.1) is 0 Å². The second kappa shape index (κ2) is 14.0. The average molecular weight is 534 g/mol. The van der Waals surface area contributed by atoms with Crippen LogP contribution in [0.25, 0.3) is 0 Å². The third-order valence-electron chi connectivity index (χ3n) is 5.47. The van der Waals surface area contributed by atoms with Gasteiger partial charge in [-0.2, -0.15) is 4.31 Å². The number of anilines is 1. The fraction of sp³-hybridized carbons (Fsp3) is 0.400. The number of morpholine rings is 1. The minimum atomic E-state index is -3.58. The van der Waals surface area contributed by atoms with Crippen molar-refractivity contribution in [1.29, 1.82) is 0 Å². The summed E-state index contributed by atoms with van der Waals surface area (Å²) in [6.45, 7) is 1.75. The standard InChI is InChI=1S/C25H31N3O6S2/c29-23(9-4-10-24(30)34-17-5-8-20-6-2-1-3-7-20)27-25(35)26-21-11-13-22(14-12-21)36(31,32)28-15-18-33-19-16-28/h1-3,6-7,11-14H,4-5,8-10,15-19H2,(H2,26,27,29,35). The van der Waals surface area contributed by atoms with E-state index in [9.17, 15) is 18.0 Å². The molecule has 3 rings (SSSR count). The van der Waals surface area contributed by atoms with E-state index in [2.05, 4.69) is 10.6 Å². The molecule has 0 aliphatic carbocycles. The van der Waals surface area contributed by atoms with Crippen LogP contribution in [0.1, 0.15) is 31.2 Å². The van der Waals surface area contributed by atoms with Gasteiger partial charge in [0, 0.05) is 31.6 Å². The fourth-order valence-electron chi connectivity index (χ4n) is 3.57. The summed E-state index contributed by atoms with van der Waals surface area (Å²) in [5.74, 6) is -0.653. The highest BCUT2D eigenvalue weighted by Gasteiger charge is 2.26. The first-order valence-corrected chi connectivity index (χ1v) is 13.7. The molecule has 1 saturated heterocycles. The first-order chi connectivity index (χ1) is 17.3. The van der Waals surface area contributed by atoms with E-state index in [0.29, 0.717) is 45.0 Å². The SMILES string of the molecule is O=C(CCCC(=O)OCCCc1ccccc1)NC(=S)Nc1ccc(S(=O)(=O)N2CCOCC2)cc1. The molecule has 1 amide bonds. The summed E-state index contributed by atoms with van der Waals surface area (Å²) in [5, 5.41) is 5.51. The molecule has 1 fully saturated rings. The highest BCUT2D eigenvalue weighted by molar-refractivity contribution is 7.89. The number of hydrogen-bond donors (Lipinski definition) is 2. The van der Waals surface area contributed by atoms with Gasteiger partial charge in [-0.05, 0) is 61.3 Å². The van der Waals surface area contributed by atoms with Crippen molar-refractivity contribution >= 4 is 44.9 Å². The Morgan fingerprint density at radius 3 is 2.36 bits per heavy atom. The highest BCUT2D eigenvalue weighted by atomic mass is 32.2. The topological polar surface area (TPSA) is 114 Å². The second-order valence-corrected chi connectivity index (χ2v) is 10.6. The van der Waals surface area contributed by atoms with E-state index < -0.39 is 10.0 Å². The molecule has 1 aliphatic rings. The molecular formula is C25H31N3O6S2. The van der Waals surface area contributed by atoms with Crippen molar-refractivity contribution in [2.45, 2.75) is 37.0 Å². The van der Waals surface area contributed by atoms with Gasteiger partial charge in [-0.15, -0.1) is 0 Å². The number of aryl methyl sites for hydroxylation is 1. The van der Waals surface area contributed by atoms with Crippen LogP contribution < -0.4 is 10.6 Å². The number of esters is 1. The Balaban J connectivity index is 1.31. The normalized spacial score (nSPS) is 14.1. The molecule has 0 saturated carbocycles. The number of carbonyl (C=O) groups is 2. The van der Waals surface area contributed by atoms with Crippen LogP contribution in [0.2, 0.25) is 0 Å². The fourth-order valence-corrected chi connectivity index (χ4v) is 5.21. The number of thiocarbonyl (C=S) groups is 1. The number of amides is 1. The average Bonchev–Trinajstić information content (AvgIpc) is 2.88. The van der Waals surface area contributed by atoms with Gasteiger partial charge in [0.25, 0.3) is 0 Å². The zero-order chi connectivity index (χ0) is 25.8. The molecule has 194 valence electrons. The molecule has 2 aromatic carbocycles. The molecular weight excluding hydrogens is 502 g/mol. The van der Waals surface area contributed by atoms with Crippen molar-refractivity contribution in [1.82, 2.24) is 9.62 Å². The van der Waals surface area contributed by atoms with Crippen molar-refractivity contribution in [2.75, 3.05) is 38.2 Å². The summed E-state index contributed by atoms with van der Waals surface area (Å²) < 4.78 is 37.2.